The monoisotopic (exact) mass is 481 g/mol. The highest BCUT2D eigenvalue weighted by atomic mass is 19.4. The lowest BCUT2D eigenvalue weighted by Gasteiger charge is -2.16. The molecular formula is C25H30F3NO5. The van der Waals surface area contributed by atoms with Gasteiger partial charge in [-0.1, -0.05) is 31.1 Å². The molecular weight excluding hydrogens is 451 g/mol. The molecule has 1 aliphatic carbocycles. The topological polar surface area (TPSA) is 77.4 Å². The summed E-state index contributed by atoms with van der Waals surface area (Å²) in [6, 6.07) is 5.78. The smallest absolute Gasteiger partial charge is 0.433 e. The first kappa shape index (κ1) is 25.6. The van der Waals surface area contributed by atoms with Crippen LogP contribution in [-0.2, 0) is 20.8 Å². The normalized spacial score (nSPS) is 26.1. The lowest BCUT2D eigenvalue weighted by atomic mass is 9.89. The van der Waals surface area contributed by atoms with Gasteiger partial charge in [0.1, 0.15) is 18.1 Å². The third-order valence-electron chi connectivity index (χ3n) is 6.17. The molecule has 0 amide bonds. The van der Waals surface area contributed by atoms with Crippen molar-refractivity contribution in [1.29, 1.82) is 0 Å². The fourth-order valence-electron chi connectivity index (χ4n) is 4.14. The minimum Gasteiger partial charge on any atom is -0.493 e. The molecule has 0 saturated carbocycles. The molecule has 3 rings (SSSR count). The Morgan fingerprint density at radius 1 is 1.29 bits per heavy atom. The minimum absolute atomic E-state index is 0.0248. The van der Waals surface area contributed by atoms with E-state index in [1.54, 1.807) is 13.8 Å². The lowest BCUT2D eigenvalue weighted by Crippen LogP contribution is -2.28. The molecule has 6 nitrogen and oxygen atoms in total. The molecule has 1 aromatic carbocycles. The molecule has 0 bridgehead atoms. The highest BCUT2D eigenvalue weighted by molar-refractivity contribution is 5.92. The maximum atomic E-state index is 13.1. The van der Waals surface area contributed by atoms with Gasteiger partial charge in [0.25, 0.3) is 0 Å². The van der Waals surface area contributed by atoms with Gasteiger partial charge in [-0.2, -0.15) is 13.2 Å². The number of hydrogen-bond acceptors (Lipinski definition) is 5. The van der Waals surface area contributed by atoms with E-state index in [1.807, 2.05) is 18.2 Å². The average molecular weight is 482 g/mol. The summed E-state index contributed by atoms with van der Waals surface area (Å²) in [4.78, 5) is 16.2. The Bertz CT molecular complexity index is 983. The van der Waals surface area contributed by atoms with Crippen LogP contribution in [-0.4, -0.2) is 42.8 Å². The number of oxime groups is 1. The summed E-state index contributed by atoms with van der Waals surface area (Å²) in [5.41, 5.74) is 1.86. The van der Waals surface area contributed by atoms with E-state index in [1.165, 1.54) is 19.1 Å². The molecule has 1 aliphatic heterocycles. The van der Waals surface area contributed by atoms with E-state index < -0.39 is 29.7 Å². The molecule has 0 spiro atoms. The molecule has 0 saturated heterocycles. The largest absolute Gasteiger partial charge is 0.493 e. The van der Waals surface area contributed by atoms with Crippen LogP contribution < -0.4 is 4.74 Å². The summed E-state index contributed by atoms with van der Waals surface area (Å²) in [7, 11) is 0. The number of carboxylic acids is 1. The van der Waals surface area contributed by atoms with Crippen LogP contribution in [0.1, 0.15) is 50.7 Å². The maximum Gasteiger partial charge on any atom is 0.433 e. The number of ether oxygens (including phenoxy) is 2. The van der Waals surface area contributed by atoms with Crippen LogP contribution in [0.3, 0.4) is 0 Å². The van der Waals surface area contributed by atoms with E-state index in [-0.39, 0.29) is 12.5 Å². The average Bonchev–Trinajstić information content (AvgIpc) is 3.21. The number of halogens is 3. The second kappa shape index (κ2) is 11.0. The van der Waals surface area contributed by atoms with E-state index in [2.05, 4.69) is 5.16 Å². The van der Waals surface area contributed by atoms with Crippen molar-refractivity contribution < 1.29 is 37.4 Å². The SMILES string of the molecule is C/C1=C(OCCCOc2ccc3c(c2)CCC3C(C)C(=O)O)/C=C\C(C)/C(C(F)(F)F)=N\OC1. The molecule has 186 valence electrons. The van der Waals surface area contributed by atoms with Gasteiger partial charge in [0, 0.05) is 17.9 Å². The van der Waals surface area contributed by atoms with Crippen LogP contribution >= 0.6 is 0 Å². The van der Waals surface area contributed by atoms with Crippen LogP contribution in [0.25, 0.3) is 0 Å². The third-order valence-corrected chi connectivity index (χ3v) is 6.17. The molecule has 0 fully saturated rings. The standard InChI is InChI=1S/C25H30F3NO5/c1-15-5-10-22(16(2)14-34-29-23(15)25(26,27)28)33-12-4-11-32-19-7-9-21-18(13-19)6-8-20(21)17(3)24(30)31/h5,7,9-10,13,15,17,20H,4,6,8,11-12,14H2,1-3H3,(H,30,31)/b10-5-,22-16+,29-23+. The highest BCUT2D eigenvalue weighted by Crippen LogP contribution is 2.40. The van der Waals surface area contributed by atoms with E-state index in [4.69, 9.17) is 14.3 Å². The number of nitrogens with zero attached hydrogens (tertiary/aromatic N) is 1. The zero-order chi connectivity index (χ0) is 24.9. The molecule has 1 N–H and O–H groups in total. The molecule has 3 unspecified atom stereocenters. The second-order valence-corrected chi connectivity index (χ2v) is 8.72. The molecule has 1 heterocycles. The van der Waals surface area contributed by atoms with Crippen molar-refractivity contribution in [3.8, 4) is 5.75 Å². The number of hydrogen-bond donors (Lipinski definition) is 1. The van der Waals surface area contributed by atoms with E-state index in [9.17, 15) is 23.1 Å². The summed E-state index contributed by atoms with van der Waals surface area (Å²) >= 11 is 0. The Hall–Kier alpha value is -2.97. The number of rotatable bonds is 8. The molecule has 34 heavy (non-hydrogen) atoms. The van der Waals surface area contributed by atoms with Crippen molar-refractivity contribution >= 4 is 11.7 Å². The van der Waals surface area contributed by atoms with Crippen molar-refractivity contribution in [2.24, 2.45) is 17.0 Å². The maximum absolute atomic E-state index is 13.1. The third kappa shape index (κ3) is 6.33. The summed E-state index contributed by atoms with van der Waals surface area (Å²) in [6.07, 6.45) is 0.595. The van der Waals surface area contributed by atoms with Gasteiger partial charge in [-0.25, -0.2) is 0 Å². The number of aryl methyl sites for hydroxylation is 1. The summed E-state index contributed by atoms with van der Waals surface area (Å²) in [6.45, 7) is 5.49. The molecule has 2 aliphatic rings. The zero-order valence-corrected chi connectivity index (χ0v) is 19.5. The first-order chi connectivity index (χ1) is 16.1. The fourth-order valence-corrected chi connectivity index (χ4v) is 4.14. The summed E-state index contributed by atoms with van der Waals surface area (Å²) in [5, 5.41) is 12.6. The van der Waals surface area contributed by atoms with Crippen LogP contribution in [0.5, 0.6) is 5.75 Å². The highest BCUT2D eigenvalue weighted by Gasteiger charge is 2.39. The van der Waals surface area contributed by atoms with Gasteiger partial charge in [0.15, 0.2) is 5.71 Å². The van der Waals surface area contributed by atoms with Crippen LogP contribution in [0, 0.1) is 11.8 Å². The van der Waals surface area contributed by atoms with Crippen molar-refractivity contribution in [3.05, 3.63) is 52.8 Å². The van der Waals surface area contributed by atoms with E-state index in [0.29, 0.717) is 31.0 Å². The Kier molecular flexibility index (Phi) is 8.28. The Morgan fingerprint density at radius 3 is 2.74 bits per heavy atom. The molecule has 3 atom stereocenters. The molecule has 9 heteroatoms. The van der Waals surface area contributed by atoms with Gasteiger partial charge in [0.05, 0.1) is 19.1 Å². The summed E-state index contributed by atoms with van der Waals surface area (Å²) < 4.78 is 50.9. The van der Waals surface area contributed by atoms with Crippen molar-refractivity contribution in [1.82, 2.24) is 0 Å². The van der Waals surface area contributed by atoms with Gasteiger partial charge >= 0.3 is 12.1 Å². The number of benzene rings is 1. The van der Waals surface area contributed by atoms with Crippen molar-refractivity contribution in [2.75, 3.05) is 19.8 Å². The summed E-state index contributed by atoms with van der Waals surface area (Å²) in [5.74, 6) is -0.967. The Morgan fingerprint density at radius 2 is 2.03 bits per heavy atom. The Labute approximate surface area is 197 Å². The Balaban J connectivity index is 1.49. The quantitative estimate of drug-likeness (QED) is 0.487. The predicted molar refractivity (Wildman–Crippen MR) is 121 cm³/mol. The first-order valence-electron chi connectivity index (χ1n) is 11.3. The van der Waals surface area contributed by atoms with Crippen LogP contribution in [0.15, 0.2) is 46.8 Å². The molecule has 0 aromatic heterocycles. The van der Waals surface area contributed by atoms with Gasteiger partial charge in [-0.05, 0) is 55.0 Å². The number of aliphatic carboxylic acids is 1. The second-order valence-electron chi connectivity index (χ2n) is 8.72. The predicted octanol–water partition coefficient (Wildman–Crippen LogP) is 5.64. The van der Waals surface area contributed by atoms with Crippen molar-refractivity contribution in [3.63, 3.8) is 0 Å². The number of carbonyl (C=O) groups is 1. The van der Waals surface area contributed by atoms with E-state index in [0.717, 1.165) is 29.7 Å². The number of carboxylic acid groups (broad SMARTS) is 1. The van der Waals surface area contributed by atoms with Crippen LogP contribution in [0.4, 0.5) is 13.2 Å². The van der Waals surface area contributed by atoms with Gasteiger partial charge in [-0.15, -0.1) is 0 Å². The number of fused-ring (bicyclic) bond motifs is 1. The number of alkyl halides is 3. The van der Waals surface area contributed by atoms with Gasteiger partial charge in [0.2, 0.25) is 0 Å². The van der Waals surface area contributed by atoms with E-state index >= 15 is 0 Å². The van der Waals surface area contributed by atoms with Gasteiger partial charge in [-0.3, -0.25) is 4.79 Å². The first-order valence-corrected chi connectivity index (χ1v) is 11.3. The zero-order valence-electron chi connectivity index (χ0n) is 19.5. The van der Waals surface area contributed by atoms with Crippen LogP contribution in [0.2, 0.25) is 0 Å². The number of allylic oxidation sites excluding steroid dienone is 2. The molecule has 1 aromatic rings. The van der Waals surface area contributed by atoms with Gasteiger partial charge < -0.3 is 19.4 Å². The van der Waals surface area contributed by atoms with Crippen molar-refractivity contribution in [2.45, 2.75) is 52.1 Å². The minimum atomic E-state index is -4.56. The fraction of sp³-hybridized carbons (Fsp3) is 0.520. The lowest BCUT2D eigenvalue weighted by molar-refractivity contribution is -0.141. The molecule has 0 radical (unpaired) electrons.